The zero-order valence-corrected chi connectivity index (χ0v) is 13.8. The van der Waals surface area contributed by atoms with Gasteiger partial charge in [0.25, 0.3) is 0 Å². The van der Waals surface area contributed by atoms with E-state index in [1.807, 2.05) is 60.7 Å². The van der Waals surface area contributed by atoms with Crippen LogP contribution in [0.25, 0.3) is 0 Å². The minimum Gasteiger partial charge on any atom is -0.376 e. The fraction of sp³-hybridized carbons (Fsp3) is 0.368. The highest BCUT2D eigenvalue weighted by atomic mass is 32.2. The van der Waals surface area contributed by atoms with Gasteiger partial charge in [-0.15, -0.1) is 0 Å². The zero-order chi connectivity index (χ0) is 15.9. The van der Waals surface area contributed by atoms with Crippen LogP contribution in [0.5, 0.6) is 0 Å². The summed E-state index contributed by atoms with van der Waals surface area (Å²) in [6.45, 7) is 1.52. The molecule has 2 aromatic carbocycles. The van der Waals surface area contributed by atoms with E-state index in [2.05, 4.69) is 0 Å². The van der Waals surface area contributed by atoms with Crippen LogP contribution >= 0.6 is 11.8 Å². The van der Waals surface area contributed by atoms with E-state index in [9.17, 15) is 4.39 Å². The summed E-state index contributed by atoms with van der Waals surface area (Å²) in [5.41, 5.74) is 2.20. The second kappa shape index (κ2) is 8.48. The molecule has 23 heavy (non-hydrogen) atoms. The van der Waals surface area contributed by atoms with Crippen molar-refractivity contribution in [3.05, 3.63) is 71.8 Å². The second-order valence-electron chi connectivity index (χ2n) is 5.65. The van der Waals surface area contributed by atoms with Crippen molar-refractivity contribution in [2.45, 2.75) is 30.7 Å². The lowest BCUT2D eigenvalue weighted by atomic mass is 10.1. The van der Waals surface area contributed by atoms with E-state index >= 15 is 0 Å². The Kier molecular flexibility index (Phi) is 6.08. The predicted octanol–water partition coefficient (Wildman–Crippen LogP) is 4.24. The maximum Gasteiger partial charge on any atom is 0.136 e. The summed E-state index contributed by atoms with van der Waals surface area (Å²) in [5.74, 6) is 0.485. The summed E-state index contributed by atoms with van der Waals surface area (Å²) in [6.07, 6.45) is -1.31. The molecule has 0 bridgehead atoms. The number of hydrogen-bond acceptors (Lipinski definition) is 3. The van der Waals surface area contributed by atoms with Gasteiger partial charge >= 0.3 is 0 Å². The topological polar surface area (TPSA) is 18.5 Å². The van der Waals surface area contributed by atoms with Gasteiger partial charge < -0.3 is 9.47 Å². The van der Waals surface area contributed by atoms with Gasteiger partial charge in [0.2, 0.25) is 0 Å². The molecule has 3 rings (SSSR count). The number of ether oxygens (including phenoxy) is 2. The molecule has 1 heterocycles. The van der Waals surface area contributed by atoms with Gasteiger partial charge in [-0.3, -0.25) is 0 Å². The largest absolute Gasteiger partial charge is 0.376 e. The molecule has 0 radical (unpaired) electrons. The average molecular weight is 332 g/mol. The molecule has 1 aliphatic heterocycles. The summed E-state index contributed by atoms with van der Waals surface area (Å²) in [5, 5.41) is 0.0532. The van der Waals surface area contributed by atoms with E-state index in [-0.39, 0.29) is 5.25 Å². The van der Waals surface area contributed by atoms with Crippen LogP contribution in [0.3, 0.4) is 0 Å². The number of halogens is 1. The van der Waals surface area contributed by atoms with E-state index in [4.69, 9.17) is 9.47 Å². The highest BCUT2D eigenvalue weighted by molar-refractivity contribution is 8.00. The SMILES string of the molecule is F[C@@H]1CSC(COCc2ccccc2)[C@H]1OCc1ccccc1. The molecule has 1 saturated heterocycles. The molecule has 2 aromatic rings. The second-order valence-corrected chi connectivity index (χ2v) is 6.92. The van der Waals surface area contributed by atoms with Crippen molar-refractivity contribution < 1.29 is 13.9 Å². The van der Waals surface area contributed by atoms with Crippen molar-refractivity contribution in [2.24, 2.45) is 0 Å². The lowest BCUT2D eigenvalue weighted by molar-refractivity contribution is -0.0167. The van der Waals surface area contributed by atoms with Gasteiger partial charge in [0.15, 0.2) is 0 Å². The minimum atomic E-state index is -0.922. The van der Waals surface area contributed by atoms with E-state index < -0.39 is 12.3 Å². The molecular weight excluding hydrogens is 311 g/mol. The van der Waals surface area contributed by atoms with Gasteiger partial charge in [-0.2, -0.15) is 11.8 Å². The Balaban J connectivity index is 1.48. The lowest BCUT2D eigenvalue weighted by Gasteiger charge is -2.21. The fourth-order valence-electron chi connectivity index (χ4n) is 2.63. The molecule has 0 N–H and O–H groups in total. The standard InChI is InChI=1S/C19H21FO2S/c20-17-14-23-18(13-21-11-15-7-3-1-4-8-15)19(17)22-12-16-9-5-2-6-10-16/h1-10,17-19H,11-14H2/t17-,18?,19+/m1/s1. The lowest BCUT2D eigenvalue weighted by Crippen LogP contribution is -2.32. The Hall–Kier alpha value is -1.36. The van der Waals surface area contributed by atoms with Crippen LogP contribution in [-0.2, 0) is 22.7 Å². The monoisotopic (exact) mass is 332 g/mol. The molecule has 1 aliphatic rings. The van der Waals surface area contributed by atoms with Crippen LogP contribution in [0.4, 0.5) is 4.39 Å². The summed E-state index contributed by atoms with van der Waals surface area (Å²) >= 11 is 1.60. The third kappa shape index (κ3) is 4.80. The number of thioether (sulfide) groups is 1. The van der Waals surface area contributed by atoms with Crippen molar-refractivity contribution in [1.82, 2.24) is 0 Å². The predicted molar refractivity (Wildman–Crippen MR) is 92.3 cm³/mol. The van der Waals surface area contributed by atoms with E-state index in [1.54, 1.807) is 11.8 Å². The Labute approximate surface area is 141 Å². The van der Waals surface area contributed by atoms with Crippen LogP contribution in [0.15, 0.2) is 60.7 Å². The Morgan fingerprint density at radius 1 is 0.913 bits per heavy atom. The van der Waals surface area contributed by atoms with Crippen LogP contribution in [0, 0.1) is 0 Å². The Bertz CT molecular complexity index is 578. The van der Waals surface area contributed by atoms with Gasteiger partial charge in [-0.1, -0.05) is 60.7 Å². The van der Waals surface area contributed by atoms with Crippen LogP contribution in [0.1, 0.15) is 11.1 Å². The number of rotatable bonds is 7. The molecule has 2 nitrogen and oxygen atoms in total. The van der Waals surface area contributed by atoms with Crippen LogP contribution < -0.4 is 0 Å². The molecule has 122 valence electrons. The third-order valence-electron chi connectivity index (χ3n) is 3.87. The van der Waals surface area contributed by atoms with Crippen molar-refractivity contribution in [1.29, 1.82) is 0 Å². The maximum absolute atomic E-state index is 14.1. The molecule has 0 aliphatic carbocycles. The van der Waals surface area contributed by atoms with Gasteiger partial charge in [0, 0.05) is 5.75 Å². The molecule has 0 saturated carbocycles. The molecule has 1 fully saturated rings. The van der Waals surface area contributed by atoms with Crippen LogP contribution in [-0.4, -0.2) is 29.9 Å². The molecule has 3 atom stereocenters. The highest BCUT2D eigenvalue weighted by Crippen LogP contribution is 2.32. The number of benzene rings is 2. The molecule has 0 aromatic heterocycles. The number of hydrogen-bond donors (Lipinski definition) is 0. The normalized spacial score (nSPS) is 24.0. The summed E-state index contributed by atoms with van der Waals surface area (Å²) in [6, 6.07) is 19.9. The smallest absolute Gasteiger partial charge is 0.136 e. The minimum absolute atomic E-state index is 0.0532. The third-order valence-corrected chi connectivity index (χ3v) is 5.21. The highest BCUT2D eigenvalue weighted by Gasteiger charge is 2.38. The molecule has 1 unspecified atom stereocenters. The van der Waals surface area contributed by atoms with Gasteiger partial charge in [0.1, 0.15) is 12.3 Å². The number of alkyl halides is 1. The van der Waals surface area contributed by atoms with Crippen molar-refractivity contribution in [3.63, 3.8) is 0 Å². The summed E-state index contributed by atoms with van der Waals surface area (Å²) in [7, 11) is 0. The average Bonchev–Trinajstić information content (AvgIpc) is 2.95. The first-order valence-electron chi connectivity index (χ1n) is 7.86. The first kappa shape index (κ1) is 16.5. The Morgan fingerprint density at radius 2 is 1.52 bits per heavy atom. The van der Waals surface area contributed by atoms with E-state index in [1.165, 1.54) is 0 Å². The van der Waals surface area contributed by atoms with Gasteiger partial charge in [0.05, 0.1) is 25.1 Å². The molecule has 0 spiro atoms. The Morgan fingerprint density at radius 3 is 2.17 bits per heavy atom. The van der Waals surface area contributed by atoms with Crippen molar-refractivity contribution >= 4 is 11.8 Å². The van der Waals surface area contributed by atoms with Crippen molar-refractivity contribution in [2.75, 3.05) is 12.4 Å². The van der Waals surface area contributed by atoms with Gasteiger partial charge in [-0.05, 0) is 11.1 Å². The maximum atomic E-state index is 14.1. The van der Waals surface area contributed by atoms with Crippen molar-refractivity contribution in [3.8, 4) is 0 Å². The summed E-state index contributed by atoms with van der Waals surface area (Å²) in [4.78, 5) is 0. The van der Waals surface area contributed by atoms with E-state index in [0.717, 1.165) is 11.1 Å². The van der Waals surface area contributed by atoms with Crippen LogP contribution in [0.2, 0.25) is 0 Å². The molecular formula is C19H21FO2S. The zero-order valence-electron chi connectivity index (χ0n) is 12.9. The fourth-order valence-corrected chi connectivity index (χ4v) is 3.88. The first-order chi connectivity index (χ1) is 11.3. The molecule has 4 heteroatoms. The summed E-state index contributed by atoms with van der Waals surface area (Å²) < 4.78 is 25.7. The quantitative estimate of drug-likeness (QED) is 0.755. The van der Waals surface area contributed by atoms with E-state index in [0.29, 0.717) is 25.6 Å². The molecule has 0 amide bonds. The first-order valence-corrected chi connectivity index (χ1v) is 8.90. The van der Waals surface area contributed by atoms with Gasteiger partial charge in [-0.25, -0.2) is 4.39 Å².